The van der Waals surface area contributed by atoms with E-state index >= 15 is 0 Å². The normalized spacial score (nSPS) is 15.4. The first kappa shape index (κ1) is 16.8. The topological polar surface area (TPSA) is 86.8 Å². The number of nitrogens with zero attached hydrogens (tertiary/aromatic N) is 4. The van der Waals surface area contributed by atoms with Crippen molar-refractivity contribution in [1.82, 2.24) is 20.2 Å². The molecule has 0 bridgehead atoms. The number of aromatic nitrogens is 4. The van der Waals surface area contributed by atoms with Crippen LogP contribution in [0.5, 0.6) is 0 Å². The average molecular weight is 371 g/mol. The Kier molecular flexibility index (Phi) is 4.46. The molecule has 8 heteroatoms. The summed E-state index contributed by atoms with van der Waals surface area (Å²) in [7, 11) is 0. The first-order valence-electron chi connectivity index (χ1n) is 8.58. The lowest BCUT2D eigenvalue weighted by molar-refractivity contribution is -0.120. The summed E-state index contributed by atoms with van der Waals surface area (Å²) < 4.78 is 0. The van der Waals surface area contributed by atoms with Crippen LogP contribution in [0.15, 0.2) is 30.6 Å². The van der Waals surface area contributed by atoms with Crippen LogP contribution in [0.3, 0.4) is 0 Å². The summed E-state index contributed by atoms with van der Waals surface area (Å²) in [5.74, 6) is 0.925. The van der Waals surface area contributed by atoms with E-state index < -0.39 is 0 Å². The van der Waals surface area contributed by atoms with Crippen LogP contribution >= 0.6 is 11.6 Å². The Balaban J connectivity index is 1.38. The van der Waals surface area contributed by atoms with Gasteiger partial charge in [0.05, 0.1) is 16.9 Å². The summed E-state index contributed by atoms with van der Waals surface area (Å²) in [4.78, 5) is 23.4. The lowest BCUT2D eigenvalue weighted by Gasteiger charge is -2.32. The zero-order chi connectivity index (χ0) is 18.1. The van der Waals surface area contributed by atoms with E-state index in [1.807, 2.05) is 25.1 Å². The van der Waals surface area contributed by atoms with Crippen molar-refractivity contribution in [2.75, 3.05) is 23.3 Å². The highest BCUT2D eigenvalue weighted by Crippen LogP contribution is 2.24. The van der Waals surface area contributed by atoms with Crippen LogP contribution in [-0.4, -0.2) is 39.2 Å². The molecule has 0 aliphatic carbocycles. The minimum atomic E-state index is -0.0142. The largest absolute Gasteiger partial charge is 0.357 e. The Hall–Kier alpha value is -2.67. The maximum absolute atomic E-state index is 12.6. The Labute approximate surface area is 155 Å². The third-order valence-corrected chi connectivity index (χ3v) is 4.99. The molecule has 4 rings (SSSR count). The number of piperidine rings is 1. The van der Waals surface area contributed by atoms with E-state index in [0.29, 0.717) is 16.4 Å². The number of pyridine rings is 2. The average Bonchev–Trinajstić information content (AvgIpc) is 3.03. The lowest BCUT2D eigenvalue weighted by atomic mass is 9.96. The third kappa shape index (κ3) is 3.35. The van der Waals surface area contributed by atoms with Crippen molar-refractivity contribution in [1.29, 1.82) is 0 Å². The van der Waals surface area contributed by atoms with Crippen molar-refractivity contribution in [2.24, 2.45) is 5.92 Å². The molecule has 0 aromatic carbocycles. The molecular formula is C18H19ClN6O. The maximum Gasteiger partial charge on any atom is 0.227 e. The number of aromatic amines is 1. The van der Waals surface area contributed by atoms with Gasteiger partial charge >= 0.3 is 0 Å². The van der Waals surface area contributed by atoms with Crippen molar-refractivity contribution in [3.63, 3.8) is 0 Å². The third-order valence-electron chi connectivity index (χ3n) is 4.77. The van der Waals surface area contributed by atoms with Crippen LogP contribution < -0.4 is 10.2 Å². The molecule has 1 amide bonds. The van der Waals surface area contributed by atoms with Crippen LogP contribution in [0.2, 0.25) is 5.02 Å². The minimum absolute atomic E-state index is 0.0142. The molecule has 0 unspecified atom stereocenters. The second kappa shape index (κ2) is 6.92. The van der Waals surface area contributed by atoms with Gasteiger partial charge in [0.1, 0.15) is 5.82 Å². The van der Waals surface area contributed by atoms with E-state index in [2.05, 4.69) is 30.4 Å². The zero-order valence-electron chi connectivity index (χ0n) is 14.4. The van der Waals surface area contributed by atoms with Crippen molar-refractivity contribution in [2.45, 2.75) is 19.8 Å². The summed E-state index contributed by atoms with van der Waals surface area (Å²) in [6, 6.07) is 5.66. The van der Waals surface area contributed by atoms with E-state index in [1.165, 1.54) is 0 Å². The second-order valence-electron chi connectivity index (χ2n) is 6.53. The van der Waals surface area contributed by atoms with Gasteiger partial charge in [-0.15, -0.1) is 0 Å². The molecule has 2 N–H and O–H groups in total. The number of carbonyl (C=O) groups excluding carboxylic acids is 1. The van der Waals surface area contributed by atoms with E-state index in [9.17, 15) is 4.79 Å². The van der Waals surface area contributed by atoms with Gasteiger partial charge in [0.25, 0.3) is 0 Å². The van der Waals surface area contributed by atoms with Crippen LogP contribution in [0.4, 0.5) is 11.5 Å². The second-order valence-corrected chi connectivity index (χ2v) is 6.97. The molecule has 3 aromatic rings. The number of amides is 1. The van der Waals surface area contributed by atoms with Gasteiger partial charge in [0.2, 0.25) is 5.91 Å². The fourth-order valence-corrected chi connectivity index (χ4v) is 3.37. The molecule has 1 aliphatic rings. The number of H-pyrrole nitrogens is 1. The zero-order valence-corrected chi connectivity index (χ0v) is 15.1. The number of hydrogen-bond acceptors (Lipinski definition) is 5. The van der Waals surface area contributed by atoms with E-state index in [4.69, 9.17) is 11.6 Å². The molecule has 134 valence electrons. The highest BCUT2D eigenvalue weighted by Gasteiger charge is 2.25. The maximum atomic E-state index is 12.6. The summed E-state index contributed by atoms with van der Waals surface area (Å²) in [6.07, 6.45) is 4.87. The number of hydrogen-bond donors (Lipinski definition) is 2. The van der Waals surface area contributed by atoms with Crippen LogP contribution in [0.1, 0.15) is 18.5 Å². The van der Waals surface area contributed by atoms with E-state index in [1.54, 1.807) is 12.4 Å². The van der Waals surface area contributed by atoms with Gasteiger partial charge in [0, 0.05) is 36.3 Å². The molecule has 4 heterocycles. The first-order chi connectivity index (χ1) is 12.6. The van der Waals surface area contributed by atoms with E-state index in [0.717, 1.165) is 42.8 Å². The number of rotatable bonds is 3. The molecule has 3 aromatic heterocycles. The summed E-state index contributed by atoms with van der Waals surface area (Å²) >= 11 is 5.89. The van der Waals surface area contributed by atoms with Crippen LogP contribution in [0.25, 0.3) is 11.0 Å². The smallest absolute Gasteiger partial charge is 0.227 e. The summed E-state index contributed by atoms with van der Waals surface area (Å²) in [5, 5.41) is 11.5. The summed E-state index contributed by atoms with van der Waals surface area (Å²) in [6.45, 7) is 3.53. The number of nitrogens with one attached hydrogen (secondary N) is 2. The van der Waals surface area contributed by atoms with Crippen molar-refractivity contribution in [3.8, 4) is 0 Å². The van der Waals surface area contributed by atoms with Gasteiger partial charge in [-0.25, -0.2) is 9.97 Å². The number of halogens is 1. The van der Waals surface area contributed by atoms with E-state index in [-0.39, 0.29) is 11.8 Å². The SMILES string of the molecule is Cc1[nH]nc2ncc(NC(=O)C3CCN(c4ccc(Cl)cn4)CC3)cc12. The molecule has 0 spiro atoms. The Morgan fingerprint density at radius 1 is 1.27 bits per heavy atom. The number of aryl methyl sites for hydroxylation is 1. The monoisotopic (exact) mass is 370 g/mol. The lowest BCUT2D eigenvalue weighted by Crippen LogP contribution is -2.38. The number of anilines is 2. The fourth-order valence-electron chi connectivity index (χ4n) is 3.26. The van der Waals surface area contributed by atoms with Gasteiger partial charge < -0.3 is 10.2 Å². The Bertz CT molecular complexity index is 931. The highest BCUT2D eigenvalue weighted by atomic mass is 35.5. The Morgan fingerprint density at radius 3 is 2.81 bits per heavy atom. The van der Waals surface area contributed by atoms with Gasteiger partial charge in [-0.2, -0.15) is 5.10 Å². The predicted octanol–water partition coefficient (Wildman–Crippen LogP) is 3.17. The molecule has 1 fully saturated rings. The minimum Gasteiger partial charge on any atom is -0.357 e. The number of carbonyl (C=O) groups is 1. The van der Waals surface area contributed by atoms with Crippen LogP contribution in [0, 0.1) is 12.8 Å². The molecular weight excluding hydrogens is 352 g/mol. The van der Waals surface area contributed by atoms with Gasteiger partial charge in [0.15, 0.2) is 5.65 Å². The van der Waals surface area contributed by atoms with Crippen LogP contribution in [-0.2, 0) is 4.79 Å². The molecule has 7 nitrogen and oxygen atoms in total. The molecule has 0 atom stereocenters. The number of fused-ring (bicyclic) bond motifs is 1. The standard InChI is InChI=1S/C18H19ClN6O/c1-11-15-8-14(10-21-17(15)24-23-11)22-18(26)12-4-6-25(7-5-12)16-3-2-13(19)9-20-16/h2-3,8-10,12H,4-7H2,1H3,(H,22,26)(H,21,23,24). The fraction of sp³-hybridized carbons (Fsp3) is 0.333. The van der Waals surface area contributed by atoms with Gasteiger partial charge in [-0.05, 0) is 38.0 Å². The summed E-state index contributed by atoms with van der Waals surface area (Å²) in [5.41, 5.74) is 2.30. The van der Waals surface area contributed by atoms with Crippen molar-refractivity contribution < 1.29 is 4.79 Å². The molecule has 0 saturated carbocycles. The van der Waals surface area contributed by atoms with Gasteiger partial charge in [-0.1, -0.05) is 11.6 Å². The molecule has 26 heavy (non-hydrogen) atoms. The van der Waals surface area contributed by atoms with Crippen molar-refractivity contribution >= 4 is 40.0 Å². The molecule has 1 aliphatic heterocycles. The molecule has 1 saturated heterocycles. The Morgan fingerprint density at radius 2 is 2.08 bits per heavy atom. The first-order valence-corrected chi connectivity index (χ1v) is 8.96. The van der Waals surface area contributed by atoms with Gasteiger partial charge in [-0.3, -0.25) is 9.89 Å². The van der Waals surface area contributed by atoms with Crippen molar-refractivity contribution in [3.05, 3.63) is 41.3 Å². The predicted molar refractivity (Wildman–Crippen MR) is 101 cm³/mol. The molecule has 0 radical (unpaired) electrons. The highest BCUT2D eigenvalue weighted by molar-refractivity contribution is 6.30. The quantitative estimate of drug-likeness (QED) is 0.739.